The van der Waals surface area contributed by atoms with Crippen LogP contribution in [-0.4, -0.2) is 47.5 Å². The number of hydrogen-bond acceptors (Lipinski definition) is 6. The van der Waals surface area contributed by atoms with Crippen LogP contribution in [0.5, 0.6) is 0 Å². The third-order valence-corrected chi connectivity index (χ3v) is 2.99. The van der Waals surface area contributed by atoms with E-state index >= 15 is 0 Å². The number of nitrogens with one attached hydrogen (secondary N) is 1. The molecule has 1 amide bonds. The summed E-state index contributed by atoms with van der Waals surface area (Å²) in [5.41, 5.74) is 2.39. The molecule has 1 aromatic heterocycles. The number of hydrazine groups is 1. The van der Waals surface area contributed by atoms with Crippen LogP contribution in [0.15, 0.2) is 12.3 Å². The molecule has 2 rings (SSSR count). The van der Waals surface area contributed by atoms with Gasteiger partial charge in [-0.05, 0) is 18.9 Å². The van der Waals surface area contributed by atoms with E-state index in [1.807, 2.05) is 11.9 Å². The van der Waals surface area contributed by atoms with Crippen molar-refractivity contribution in [2.75, 3.05) is 37.0 Å². The van der Waals surface area contributed by atoms with Crippen LogP contribution in [0.25, 0.3) is 0 Å². The smallest absolute Gasteiger partial charge is 0.242 e. The summed E-state index contributed by atoms with van der Waals surface area (Å²) in [4.78, 5) is 23.8. The van der Waals surface area contributed by atoms with Crippen LogP contribution >= 0.6 is 0 Å². The van der Waals surface area contributed by atoms with E-state index in [2.05, 4.69) is 15.4 Å². The summed E-state index contributed by atoms with van der Waals surface area (Å²) in [6.07, 6.45) is 3.81. The average Bonchev–Trinajstić information content (AvgIpc) is 2.92. The van der Waals surface area contributed by atoms with Crippen molar-refractivity contribution in [2.24, 2.45) is 5.84 Å². The van der Waals surface area contributed by atoms with E-state index in [0.29, 0.717) is 18.3 Å². The summed E-state index contributed by atoms with van der Waals surface area (Å²) < 4.78 is 0. The number of nitrogen functional groups attached to an aromatic ring is 1. The Hall–Kier alpha value is -1.89. The Labute approximate surface area is 106 Å². The molecule has 1 saturated heterocycles. The highest BCUT2D eigenvalue weighted by Crippen LogP contribution is 2.12. The van der Waals surface area contributed by atoms with E-state index in [9.17, 15) is 4.79 Å². The van der Waals surface area contributed by atoms with E-state index in [4.69, 9.17) is 5.84 Å². The number of likely N-dealkylation sites (tertiary alicyclic amines) is 1. The molecule has 18 heavy (non-hydrogen) atoms. The van der Waals surface area contributed by atoms with Crippen LogP contribution < -0.4 is 16.2 Å². The van der Waals surface area contributed by atoms with E-state index in [0.717, 1.165) is 25.9 Å². The molecule has 7 heteroatoms. The first-order valence-electron chi connectivity index (χ1n) is 5.99. The van der Waals surface area contributed by atoms with Gasteiger partial charge in [-0.2, -0.15) is 4.98 Å². The topological polar surface area (TPSA) is 87.4 Å². The quantitative estimate of drug-likeness (QED) is 0.569. The molecule has 0 aliphatic carbocycles. The summed E-state index contributed by atoms with van der Waals surface area (Å²) in [7, 11) is 1.83. The fourth-order valence-electron chi connectivity index (χ4n) is 1.98. The first kappa shape index (κ1) is 12.6. The van der Waals surface area contributed by atoms with Gasteiger partial charge in [0.05, 0.1) is 6.54 Å². The molecule has 1 aromatic rings. The highest BCUT2D eigenvalue weighted by molar-refractivity contribution is 5.81. The Morgan fingerprint density at radius 3 is 2.94 bits per heavy atom. The van der Waals surface area contributed by atoms with Gasteiger partial charge in [0.25, 0.3) is 0 Å². The van der Waals surface area contributed by atoms with Crippen molar-refractivity contribution in [1.82, 2.24) is 14.9 Å². The van der Waals surface area contributed by atoms with Gasteiger partial charge in [-0.25, -0.2) is 10.8 Å². The maximum atomic E-state index is 12.0. The highest BCUT2D eigenvalue weighted by atomic mass is 16.2. The van der Waals surface area contributed by atoms with Gasteiger partial charge in [-0.3, -0.25) is 10.2 Å². The maximum absolute atomic E-state index is 12.0. The zero-order valence-corrected chi connectivity index (χ0v) is 10.5. The number of hydrogen-bond donors (Lipinski definition) is 2. The van der Waals surface area contributed by atoms with Crippen molar-refractivity contribution in [3.05, 3.63) is 12.3 Å². The second-order valence-corrected chi connectivity index (χ2v) is 4.33. The zero-order valence-electron chi connectivity index (χ0n) is 10.5. The molecule has 2 heterocycles. The fourth-order valence-corrected chi connectivity index (χ4v) is 1.98. The monoisotopic (exact) mass is 250 g/mol. The predicted octanol–water partition coefficient (Wildman–Crippen LogP) is -0.179. The van der Waals surface area contributed by atoms with Gasteiger partial charge in [-0.15, -0.1) is 0 Å². The summed E-state index contributed by atoms with van der Waals surface area (Å²) in [6, 6.07) is 1.75. The van der Waals surface area contributed by atoms with Gasteiger partial charge in [0.1, 0.15) is 5.82 Å². The molecular formula is C11H18N6O. The van der Waals surface area contributed by atoms with Crippen LogP contribution in [0.4, 0.5) is 11.8 Å². The van der Waals surface area contributed by atoms with Crippen molar-refractivity contribution in [2.45, 2.75) is 12.8 Å². The Kier molecular flexibility index (Phi) is 3.93. The van der Waals surface area contributed by atoms with Crippen molar-refractivity contribution in [3.63, 3.8) is 0 Å². The fraction of sp³-hybridized carbons (Fsp3) is 0.545. The molecule has 1 aliphatic heterocycles. The third kappa shape index (κ3) is 2.86. The molecule has 7 nitrogen and oxygen atoms in total. The lowest BCUT2D eigenvalue weighted by molar-refractivity contribution is -0.128. The molecule has 0 aromatic carbocycles. The number of nitrogens with two attached hydrogens (primary N) is 1. The predicted molar refractivity (Wildman–Crippen MR) is 68.9 cm³/mol. The van der Waals surface area contributed by atoms with Crippen LogP contribution in [0.3, 0.4) is 0 Å². The van der Waals surface area contributed by atoms with Crippen molar-refractivity contribution in [3.8, 4) is 0 Å². The number of rotatable bonds is 4. The number of aromatic nitrogens is 2. The van der Waals surface area contributed by atoms with E-state index in [-0.39, 0.29) is 5.91 Å². The summed E-state index contributed by atoms with van der Waals surface area (Å²) >= 11 is 0. The summed E-state index contributed by atoms with van der Waals surface area (Å²) in [5.74, 6) is 6.40. The van der Waals surface area contributed by atoms with Gasteiger partial charge in [0.2, 0.25) is 11.9 Å². The standard InChI is InChI=1S/C11H18N6O/c1-16(8-10(18)17-6-2-3-7-17)9-4-5-13-11(14-9)15-12/h4-5H,2-3,6-8,12H2,1H3,(H,13,14,15). The SMILES string of the molecule is CN(CC(=O)N1CCCC1)c1ccnc(NN)n1. The second-order valence-electron chi connectivity index (χ2n) is 4.33. The van der Waals surface area contributed by atoms with Crippen molar-refractivity contribution >= 4 is 17.7 Å². The Balaban J connectivity index is 1.97. The maximum Gasteiger partial charge on any atom is 0.242 e. The Bertz CT molecular complexity index is 418. The van der Waals surface area contributed by atoms with Crippen molar-refractivity contribution in [1.29, 1.82) is 0 Å². The average molecular weight is 250 g/mol. The minimum Gasteiger partial charge on any atom is -0.350 e. The molecule has 0 saturated carbocycles. The molecule has 3 N–H and O–H groups in total. The highest BCUT2D eigenvalue weighted by Gasteiger charge is 2.19. The molecule has 1 aliphatic rings. The number of nitrogens with zero attached hydrogens (tertiary/aromatic N) is 4. The van der Waals surface area contributed by atoms with Crippen LogP contribution in [0.2, 0.25) is 0 Å². The third-order valence-electron chi connectivity index (χ3n) is 2.99. The lowest BCUT2D eigenvalue weighted by Gasteiger charge is -2.22. The minimum absolute atomic E-state index is 0.135. The minimum atomic E-state index is 0.135. The number of amides is 1. The first-order chi connectivity index (χ1) is 8.70. The van der Waals surface area contributed by atoms with Crippen LogP contribution in [-0.2, 0) is 4.79 Å². The molecule has 98 valence electrons. The molecule has 0 spiro atoms. The van der Waals surface area contributed by atoms with Crippen LogP contribution in [0.1, 0.15) is 12.8 Å². The number of anilines is 2. The summed E-state index contributed by atoms with van der Waals surface area (Å²) in [5, 5.41) is 0. The number of carbonyl (C=O) groups is 1. The van der Waals surface area contributed by atoms with E-state index < -0.39 is 0 Å². The first-order valence-corrected chi connectivity index (χ1v) is 5.99. The second kappa shape index (κ2) is 5.63. The molecular weight excluding hydrogens is 232 g/mol. The molecule has 0 radical (unpaired) electrons. The van der Waals surface area contributed by atoms with E-state index in [1.165, 1.54) is 0 Å². The van der Waals surface area contributed by atoms with Gasteiger partial charge in [0.15, 0.2) is 0 Å². The van der Waals surface area contributed by atoms with Crippen LogP contribution in [0, 0.1) is 0 Å². The number of likely N-dealkylation sites (N-methyl/N-ethyl adjacent to an activating group) is 1. The lowest BCUT2D eigenvalue weighted by atomic mass is 10.4. The Morgan fingerprint density at radius 1 is 1.56 bits per heavy atom. The van der Waals surface area contributed by atoms with Gasteiger partial charge in [0, 0.05) is 26.3 Å². The molecule has 0 unspecified atom stereocenters. The lowest BCUT2D eigenvalue weighted by Crippen LogP contribution is -2.37. The number of carbonyl (C=O) groups excluding carboxylic acids is 1. The van der Waals surface area contributed by atoms with Gasteiger partial charge < -0.3 is 9.80 Å². The molecule has 1 fully saturated rings. The normalized spacial score (nSPS) is 14.7. The largest absolute Gasteiger partial charge is 0.350 e. The molecule has 0 atom stereocenters. The molecule has 0 bridgehead atoms. The van der Waals surface area contributed by atoms with Gasteiger partial charge in [-0.1, -0.05) is 0 Å². The summed E-state index contributed by atoms with van der Waals surface area (Å²) in [6.45, 7) is 2.05. The van der Waals surface area contributed by atoms with Gasteiger partial charge >= 0.3 is 0 Å². The zero-order chi connectivity index (χ0) is 13.0. The van der Waals surface area contributed by atoms with E-state index in [1.54, 1.807) is 17.2 Å². The Morgan fingerprint density at radius 2 is 2.28 bits per heavy atom. The van der Waals surface area contributed by atoms with Crippen molar-refractivity contribution < 1.29 is 4.79 Å².